The predicted octanol–water partition coefficient (Wildman–Crippen LogP) is 1.80. The average Bonchev–Trinajstić information content (AvgIpc) is 2.37. The summed E-state index contributed by atoms with van der Waals surface area (Å²) in [5.41, 5.74) is 2.28. The lowest BCUT2D eigenvalue weighted by molar-refractivity contribution is 0.181. The van der Waals surface area contributed by atoms with Crippen LogP contribution < -0.4 is 4.90 Å². The van der Waals surface area contributed by atoms with Crippen molar-refractivity contribution in [3.8, 4) is 0 Å². The molecule has 1 aromatic heterocycles. The lowest BCUT2D eigenvalue weighted by Gasteiger charge is -2.37. The molecule has 2 rings (SSSR count). The van der Waals surface area contributed by atoms with Crippen molar-refractivity contribution in [1.29, 1.82) is 0 Å². The molecule has 1 aromatic rings. The first-order chi connectivity index (χ1) is 9.02. The Morgan fingerprint density at radius 3 is 2.79 bits per heavy atom. The van der Waals surface area contributed by atoms with Gasteiger partial charge in [-0.2, -0.15) is 0 Å². The molecule has 1 unspecified atom stereocenters. The number of pyridine rings is 1. The van der Waals surface area contributed by atoms with Crippen molar-refractivity contribution < 1.29 is 5.11 Å². The summed E-state index contributed by atoms with van der Waals surface area (Å²) in [6.07, 6.45) is 0.972. The van der Waals surface area contributed by atoms with Crippen LogP contribution in [0.5, 0.6) is 0 Å². The number of aliphatic hydroxyl groups excluding tert-OH is 1. The van der Waals surface area contributed by atoms with Gasteiger partial charge in [0.25, 0.3) is 0 Å². The number of anilines is 1. The summed E-state index contributed by atoms with van der Waals surface area (Å²) in [6.45, 7) is 8.59. The van der Waals surface area contributed by atoms with Crippen molar-refractivity contribution in [3.05, 3.63) is 23.4 Å². The zero-order chi connectivity index (χ0) is 14.0. The molecule has 1 N–H and O–H groups in total. The number of likely N-dealkylation sites (N-methyl/N-ethyl adjacent to an activating group) is 1. The second-order valence-electron chi connectivity index (χ2n) is 5.74. The first-order valence-electron chi connectivity index (χ1n) is 7.07. The highest BCUT2D eigenvalue weighted by atomic mass is 16.3. The highest BCUT2D eigenvalue weighted by molar-refractivity contribution is 5.48. The normalized spacial score (nSPS) is 21.2. The number of aromatic nitrogens is 1. The van der Waals surface area contributed by atoms with Crippen LogP contribution in [0, 0.1) is 6.92 Å². The number of hydrogen-bond acceptors (Lipinski definition) is 4. The minimum Gasteiger partial charge on any atom is -0.394 e. The lowest BCUT2D eigenvalue weighted by atomic mass is 10.1. The van der Waals surface area contributed by atoms with Gasteiger partial charge in [-0.15, -0.1) is 0 Å². The van der Waals surface area contributed by atoms with Crippen LogP contribution in [0.25, 0.3) is 0 Å². The van der Waals surface area contributed by atoms with Gasteiger partial charge >= 0.3 is 0 Å². The summed E-state index contributed by atoms with van der Waals surface area (Å²) >= 11 is 0. The van der Waals surface area contributed by atoms with Crippen molar-refractivity contribution in [2.45, 2.75) is 45.8 Å². The molecule has 4 heteroatoms. The van der Waals surface area contributed by atoms with E-state index in [2.05, 4.69) is 40.8 Å². The molecule has 1 atom stereocenters. The third-order valence-corrected chi connectivity index (χ3v) is 4.04. The number of aliphatic hydroxyl groups is 1. The van der Waals surface area contributed by atoms with Gasteiger partial charge in [0.05, 0.1) is 12.6 Å². The molecule has 2 heterocycles. The van der Waals surface area contributed by atoms with Gasteiger partial charge in [-0.3, -0.25) is 4.90 Å². The number of aryl methyl sites for hydroxylation is 1. The van der Waals surface area contributed by atoms with Gasteiger partial charge in [-0.1, -0.05) is 6.07 Å². The van der Waals surface area contributed by atoms with Crippen LogP contribution in [-0.4, -0.2) is 47.3 Å². The lowest BCUT2D eigenvalue weighted by Crippen LogP contribution is -2.43. The SMILES string of the molecule is Cc1ccc2c(n1)N(C)C(CO)CCN(C(C)C)C2. The van der Waals surface area contributed by atoms with Crippen LogP contribution >= 0.6 is 0 Å². The number of rotatable bonds is 2. The van der Waals surface area contributed by atoms with E-state index in [0.29, 0.717) is 6.04 Å². The van der Waals surface area contributed by atoms with E-state index < -0.39 is 0 Å². The smallest absolute Gasteiger partial charge is 0.133 e. The van der Waals surface area contributed by atoms with Crippen molar-refractivity contribution in [2.75, 3.05) is 25.1 Å². The molecule has 0 bridgehead atoms. The topological polar surface area (TPSA) is 39.6 Å². The van der Waals surface area contributed by atoms with Gasteiger partial charge in [0, 0.05) is 37.4 Å². The molecule has 0 aliphatic carbocycles. The molecule has 0 fully saturated rings. The summed E-state index contributed by atoms with van der Waals surface area (Å²) < 4.78 is 0. The van der Waals surface area contributed by atoms with E-state index in [4.69, 9.17) is 0 Å². The third kappa shape index (κ3) is 3.07. The van der Waals surface area contributed by atoms with E-state index >= 15 is 0 Å². The Balaban J connectivity index is 2.39. The molecule has 19 heavy (non-hydrogen) atoms. The van der Waals surface area contributed by atoms with Crippen LogP contribution in [0.3, 0.4) is 0 Å². The Labute approximate surface area is 116 Å². The van der Waals surface area contributed by atoms with Crippen molar-refractivity contribution in [2.24, 2.45) is 0 Å². The zero-order valence-corrected chi connectivity index (χ0v) is 12.4. The average molecular weight is 263 g/mol. The van der Waals surface area contributed by atoms with Crippen LogP contribution in [0.15, 0.2) is 12.1 Å². The Hall–Kier alpha value is -1.13. The largest absolute Gasteiger partial charge is 0.394 e. The van der Waals surface area contributed by atoms with E-state index in [1.165, 1.54) is 5.56 Å². The molecule has 0 saturated carbocycles. The summed E-state index contributed by atoms with van der Waals surface area (Å²) in [5.74, 6) is 1.02. The minimum atomic E-state index is 0.148. The zero-order valence-electron chi connectivity index (χ0n) is 12.4. The second-order valence-corrected chi connectivity index (χ2v) is 5.74. The van der Waals surface area contributed by atoms with Gasteiger partial charge in [0.15, 0.2) is 0 Å². The van der Waals surface area contributed by atoms with Gasteiger partial charge < -0.3 is 10.0 Å². The molecule has 0 amide bonds. The number of fused-ring (bicyclic) bond motifs is 1. The number of nitrogens with zero attached hydrogens (tertiary/aromatic N) is 3. The highest BCUT2D eigenvalue weighted by Crippen LogP contribution is 2.25. The van der Waals surface area contributed by atoms with Gasteiger partial charge in [0.2, 0.25) is 0 Å². The molecule has 4 nitrogen and oxygen atoms in total. The molecular formula is C15H25N3O. The third-order valence-electron chi connectivity index (χ3n) is 4.04. The minimum absolute atomic E-state index is 0.148. The van der Waals surface area contributed by atoms with E-state index in [-0.39, 0.29) is 12.6 Å². The van der Waals surface area contributed by atoms with E-state index in [1.54, 1.807) is 0 Å². The van der Waals surface area contributed by atoms with Crippen molar-refractivity contribution in [3.63, 3.8) is 0 Å². The molecular weight excluding hydrogens is 238 g/mol. The van der Waals surface area contributed by atoms with E-state index in [0.717, 1.165) is 31.0 Å². The molecule has 1 aliphatic rings. The van der Waals surface area contributed by atoms with Gasteiger partial charge in [0.1, 0.15) is 5.82 Å². The second kappa shape index (κ2) is 5.88. The van der Waals surface area contributed by atoms with Crippen LogP contribution in [-0.2, 0) is 6.54 Å². The predicted molar refractivity (Wildman–Crippen MR) is 78.4 cm³/mol. The molecule has 0 aromatic carbocycles. The number of hydrogen-bond donors (Lipinski definition) is 1. The quantitative estimate of drug-likeness (QED) is 0.883. The molecule has 106 valence electrons. The van der Waals surface area contributed by atoms with E-state index in [9.17, 15) is 5.11 Å². The van der Waals surface area contributed by atoms with Crippen molar-refractivity contribution in [1.82, 2.24) is 9.88 Å². The maximum atomic E-state index is 9.61. The summed E-state index contributed by atoms with van der Waals surface area (Å²) in [7, 11) is 2.04. The summed E-state index contributed by atoms with van der Waals surface area (Å²) in [6, 6.07) is 4.90. The fourth-order valence-electron chi connectivity index (χ4n) is 2.63. The molecule has 0 spiro atoms. The fourth-order valence-corrected chi connectivity index (χ4v) is 2.63. The van der Waals surface area contributed by atoms with Gasteiger partial charge in [-0.25, -0.2) is 4.98 Å². The Bertz CT molecular complexity index is 433. The standard InChI is InChI=1S/C15H25N3O/c1-11(2)18-8-7-14(10-19)17(4)15-13(9-18)6-5-12(3)16-15/h5-6,11,14,19H,7-10H2,1-4H3. The van der Waals surface area contributed by atoms with E-state index in [1.807, 2.05) is 14.0 Å². The molecule has 0 saturated heterocycles. The summed E-state index contributed by atoms with van der Waals surface area (Å²) in [4.78, 5) is 9.27. The molecule has 0 radical (unpaired) electrons. The van der Waals surface area contributed by atoms with Gasteiger partial charge in [-0.05, 0) is 33.3 Å². The maximum Gasteiger partial charge on any atom is 0.133 e. The van der Waals surface area contributed by atoms with Crippen LogP contribution in [0.1, 0.15) is 31.5 Å². The summed E-state index contributed by atoms with van der Waals surface area (Å²) in [5, 5.41) is 9.61. The Kier molecular flexibility index (Phi) is 4.42. The first kappa shape index (κ1) is 14.3. The molecule has 1 aliphatic heterocycles. The Morgan fingerprint density at radius 1 is 1.42 bits per heavy atom. The first-order valence-corrected chi connectivity index (χ1v) is 7.07. The van der Waals surface area contributed by atoms with Crippen molar-refractivity contribution >= 4 is 5.82 Å². The van der Waals surface area contributed by atoms with Crippen LogP contribution in [0.2, 0.25) is 0 Å². The fraction of sp³-hybridized carbons (Fsp3) is 0.667. The maximum absolute atomic E-state index is 9.61. The monoisotopic (exact) mass is 263 g/mol. The highest BCUT2D eigenvalue weighted by Gasteiger charge is 2.24. The van der Waals surface area contributed by atoms with Crippen LogP contribution in [0.4, 0.5) is 5.82 Å². The Morgan fingerprint density at radius 2 is 2.16 bits per heavy atom.